The zero-order valence-corrected chi connectivity index (χ0v) is 10.0. The first-order chi connectivity index (χ1) is 8.51. The van der Waals surface area contributed by atoms with Crippen molar-refractivity contribution in [2.24, 2.45) is 0 Å². The summed E-state index contributed by atoms with van der Waals surface area (Å²) < 4.78 is 4.84. The predicted molar refractivity (Wildman–Crippen MR) is 62.3 cm³/mol. The molecule has 0 bridgehead atoms. The highest BCUT2D eigenvalue weighted by Crippen LogP contribution is 2.27. The van der Waals surface area contributed by atoms with Gasteiger partial charge >= 0.3 is 0 Å². The molecule has 0 amide bonds. The van der Waals surface area contributed by atoms with Crippen LogP contribution in [-0.4, -0.2) is 46.9 Å². The SMILES string of the molecule is CNCC(O)C(O)c1nc(OC)ccc1[N+](=O)[O-]. The van der Waals surface area contributed by atoms with Crippen LogP contribution in [0.1, 0.15) is 11.8 Å². The molecule has 1 aromatic heterocycles. The van der Waals surface area contributed by atoms with Crippen LogP contribution in [0, 0.1) is 10.1 Å². The Bertz CT molecular complexity index is 426. The van der Waals surface area contributed by atoms with E-state index in [9.17, 15) is 20.3 Å². The number of methoxy groups -OCH3 is 1. The summed E-state index contributed by atoms with van der Waals surface area (Å²) in [6.07, 6.45) is -2.67. The van der Waals surface area contributed by atoms with Gasteiger partial charge in [-0.25, -0.2) is 4.98 Å². The van der Waals surface area contributed by atoms with E-state index in [0.717, 1.165) is 0 Å². The molecular formula is C10H15N3O5. The van der Waals surface area contributed by atoms with Crippen LogP contribution in [0.15, 0.2) is 12.1 Å². The molecule has 0 aromatic carbocycles. The lowest BCUT2D eigenvalue weighted by atomic mass is 10.1. The van der Waals surface area contributed by atoms with Crippen LogP contribution in [-0.2, 0) is 0 Å². The van der Waals surface area contributed by atoms with Crippen molar-refractivity contribution in [3.8, 4) is 5.88 Å². The van der Waals surface area contributed by atoms with E-state index < -0.39 is 17.1 Å². The number of aliphatic hydroxyl groups is 2. The third-order valence-corrected chi connectivity index (χ3v) is 2.34. The van der Waals surface area contributed by atoms with Gasteiger partial charge in [0, 0.05) is 18.7 Å². The number of nitrogens with one attached hydrogen (secondary N) is 1. The van der Waals surface area contributed by atoms with Gasteiger partial charge in [-0.3, -0.25) is 10.1 Å². The Balaban J connectivity index is 3.14. The molecule has 0 saturated heterocycles. The molecule has 2 unspecified atom stereocenters. The number of nitrogens with zero attached hydrogens (tertiary/aromatic N) is 2. The minimum Gasteiger partial charge on any atom is -0.481 e. The molecule has 0 radical (unpaired) electrons. The van der Waals surface area contributed by atoms with Crippen molar-refractivity contribution in [1.82, 2.24) is 10.3 Å². The number of pyridine rings is 1. The first-order valence-electron chi connectivity index (χ1n) is 5.21. The lowest BCUT2D eigenvalue weighted by molar-refractivity contribution is -0.386. The highest BCUT2D eigenvalue weighted by molar-refractivity contribution is 5.39. The van der Waals surface area contributed by atoms with Gasteiger partial charge in [-0.05, 0) is 7.05 Å². The van der Waals surface area contributed by atoms with Gasteiger partial charge in [0.2, 0.25) is 5.88 Å². The average Bonchev–Trinajstić information content (AvgIpc) is 2.37. The van der Waals surface area contributed by atoms with E-state index >= 15 is 0 Å². The van der Waals surface area contributed by atoms with Crippen LogP contribution in [0.4, 0.5) is 5.69 Å². The summed E-state index contributed by atoms with van der Waals surface area (Å²) in [6, 6.07) is 2.50. The van der Waals surface area contributed by atoms with E-state index in [0.29, 0.717) is 0 Å². The molecule has 8 heteroatoms. The number of aliphatic hydroxyl groups excluding tert-OH is 2. The van der Waals surface area contributed by atoms with Gasteiger partial charge in [-0.15, -0.1) is 0 Å². The number of ether oxygens (including phenoxy) is 1. The first kappa shape index (κ1) is 14.3. The van der Waals surface area contributed by atoms with Crippen molar-refractivity contribution in [2.45, 2.75) is 12.2 Å². The van der Waals surface area contributed by atoms with Gasteiger partial charge in [-0.2, -0.15) is 0 Å². The predicted octanol–water partition coefficient (Wildman–Crippen LogP) is -0.388. The summed E-state index contributed by atoms with van der Waals surface area (Å²) in [4.78, 5) is 14.0. The summed E-state index contributed by atoms with van der Waals surface area (Å²) in [5.41, 5.74) is -0.583. The maximum atomic E-state index is 10.8. The number of rotatable bonds is 6. The van der Waals surface area contributed by atoms with Gasteiger partial charge in [0.05, 0.1) is 18.1 Å². The molecular weight excluding hydrogens is 242 g/mol. The van der Waals surface area contributed by atoms with E-state index in [1.165, 1.54) is 19.2 Å². The average molecular weight is 257 g/mol. The Kier molecular flexibility index (Phi) is 4.95. The summed E-state index contributed by atoms with van der Waals surface area (Å²) in [5.74, 6) is 0.131. The van der Waals surface area contributed by atoms with Crippen LogP contribution in [0.3, 0.4) is 0 Å². The van der Waals surface area contributed by atoms with Crippen LogP contribution in [0.25, 0.3) is 0 Å². The van der Waals surface area contributed by atoms with E-state index in [4.69, 9.17) is 4.74 Å². The highest BCUT2D eigenvalue weighted by atomic mass is 16.6. The Hall–Kier alpha value is -1.77. The topological polar surface area (TPSA) is 118 Å². The van der Waals surface area contributed by atoms with E-state index in [1.807, 2.05) is 0 Å². The molecule has 3 N–H and O–H groups in total. The smallest absolute Gasteiger partial charge is 0.293 e. The summed E-state index contributed by atoms with van der Waals surface area (Å²) in [6.45, 7) is 0.0806. The molecule has 0 spiro atoms. The third kappa shape index (κ3) is 3.13. The molecule has 1 heterocycles. The largest absolute Gasteiger partial charge is 0.481 e. The van der Waals surface area contributed by atoms with Crippen molar-refractivity contribution in [3.05, 3.63) is 27.9 Å². The number of likely N-dealkylation sites (N-methyl/N-ethyl adjacent to an activating group) is 1. The second-order valence-electron chi connectivity index (χ2n) is 3.58. The monoisotopic (exact) mass is 257 g/mol. The lowest BCUT2D eigenvalue weighted by Crippen LogP contribution is -2.30. The maximum Gasteiger partial charge on any atom is 0.293 e. The Morgan fingerprint density at radius 2 is 2.22 bits per heavy atom. The normalized spacial score (nSPS) is 14.0. The first-order valence-corrected chi connectivity index (χ1v) is 5.21. The van der Waals surface area contributed by atoms with Crippen LogP contribution >= 0.6 is 0 Å². The van der Waals surface area contributed by atoms with Crippen molar-refractivity contribution in [1.29, 1.82) is 0 Å². The molecule has 18 heavy (non-hydrogen) atoms. The molecule has 1 aromatic rings. The minimum absolute atomic E-state index is 0.0806. The molecule has 1 rings (SSSR count). The molecule has 0 fully saturated rings. The van der Waals surface area contributed by atoms with Crippen LogP contribution in [0.2, 0.25) is 0 Å². The summed E-state index contributed by atoms with van der Waals surface area (Å²) in [5, 5.41) is 33.0. The zero-order valence-electron chi connectivity index (χ0n) is 10.0. The fourth-order valence-electron chi connectivity index (χ4n) is 1.44. The molecule has 0 saturated carbocycles. The van der Waals surface area contributed by atoms with Crippen LogP contribution < -0.4 is 10.1 Å². The minimum atomic E-state index is -1.46. The number of hydrogen-bond donors (Lipinski definition) is 3. The molecule has 0 aliphatic rings. The summed E-state index contributed by atoms with van der Waals surface area (Å²) >= 11 is 0. The van der Waals surface area contributed by atoms with E-state index in [-0.39, 0.29) is 23.8 Å². The van der Waals surface area contributed by atoms with Crippen molar-refractivity contribution in [3.63, 3.8) is 0 Å². The van der Waals surface area contributed by atoms with Gasteiger partial charge in [0.1, 0.15) is 6.10 Å². The maximum absolute atomic E-state index is 10.8. The number of aromatic nitrogens is 1. The Labute approximate surface area is 103 Å². The summed E-state index contributed by atoms with van der Waals surface area (Å²) in [7, 11) is 2.94. The standard InChI is InChI=1S/C10H15N3O5/c1-11-5-7(14)10(15)9-6(13(16)17)3-4-8(12-9)18-2/h3-4,7,10-11,14-15H,5H2,1-2H3. The van der Waals surface area contributed by atoms with Gasteiger partial charge in [-0.1, -0.05) is 0 Å². The fourth-order valence-corrected chi connectivity index (χ4v) is 1.44. The van der Waals surface area contributed by atoms with E-state index in [2.05, 4.69) is 10.3 Å². The molecule has 8 nitrogen and oxygen atoms in total. The highest BCUT2D eigenvalue weighted by Gasteiger charge is 2.28. The van der Waals surface area contributed by atoms with Crippen molar-refractivity contribution < 1.29 is 19.9 Å². The van der Waals surface area contributed by atoms with Gasteiger partial charge in [0.25, 0.3) is 5.69 Å². The third-order valence-electron chi connectivity index (χ3n) is 2.34. The zero-order chi connectivity index (χ0) is 13.7. The number of nitro groups is 1. The van der Waals surface area contributed by atoms with Gasteiger partial charge in [0.15, 0.2) is 5.69 Å². The Morgan fingerprint density at radius 1 is 1.56 bits per heavy atom. The van der Waals surface area contributed by atoms with Crippen LogP contribution in [0.5, 0.6) is 5.88 Å². The molecule has 0 aliphatic heterocycles. The molecule has 0 aliphatic carbocycles. The van der Waals surface area contributed by atoms with Crippen molar-refractivity contribution in [2.75, 3.05) is 20.7 Å². The van der Waals surface area contributed by atoms with E-state index in [1.54, 1.807) is 7.05 Å². The van der Waals surface area contributed by atoms with Crippen molar-refractivity contribution >= 4 is 5.69 Å². The van der Waals surface area contributed by atoms with Gasteiger partial charge < -0.3 is 20.3 Å². The fraction of sp³-hybridized carbons (Fsp3) is 0.500. The molecule has 2 atom stereocenters. The number of hydrogen-bond acceptors (Lipinski definition) is 7. The quantitative estimate of drug-likeness (QED) is 0.469. The molecule has 100 valence electrons. The second-order valence-corrected chi connectivity index (χ2v) is 3.58. The second kappa shape index (κ2) is 6.24. The lowest BCUT2D eigenvalue weighted by Gasteiger charge is -2.17. The Morgan fingerprint density at radius 3 is 2.72 bits per heavy atom.